The van der Waals surface area contributed by atoms with Gasteiger partial charge in [-0.1, -0.05) is 31.2 Å². The zero-order valence-electron chi connectivity index (χ0n) is 13.7. The van der Waals surface area contributed by atoms with Crippen molar-refractivity contribution in [2.45, 2.75) is 19.8 Å². The number of halogens is 1. The fourth-order valence-corrected chi connectivity index (χ4v) is 2.87. The topological polar surface area (TPSA) is 66.5 Å². The first-order valence-electron chi connectivity index (χ1n) is 8.05. The number of aryl methyl sites for hydroxylation is 1. The minimum atomic E-state index is -0.723. The van der Waals surface area contributed by atoms with Crippen LogP contribution in [0, 0.1) is 5.82 Å². The van der Waals surface area contributed by atoms with Gasteiger partial charge >= 0.3 is 0 Å². The van der Waals surface area contributed by atoms with Gasteiger partial charge in [-0.05, 0) is 30.2 Å². The molecule has 0 bridgehead atoms. The van der Waals surface area contributed by atoms with Gasteiger partial charge in [-0.15, -0.1) is 0 Å². The highest BCUT2D eigenvalue weighted by molar-refractivity contribution is 6.21. The van der Waals surface area contributed by atoms with Crippen molar-refractivity contribution < 1.29 is 18.8 Å². The summed E-state index contributed by atoms with van der Waals surface area (Å²) in [7, 11) is 0. The van der Waals surface area contributed by atoms with Crippen LogP contribution in [0.25, 0.3) is 0 Å². The molecule has 1 aliphatic rings. The van der Waals surface area contributed by atoms with Gasteiger partial charge in [0, 0.05) is 18.7 Å². The number of carbonyl (C=O) groups excluding carboxylic acids is 3. The van der Waals surface area contributed by atoms with Gasteiger partial charge in [-0.25, -0.2) is 4.39 Å². The quantitative estimate of drug-likeness (QED) is 0.851. The maximum absolute atomic E-state index is 13.8. The number of hydrogen-bond donors (Lipinski definition) is 1. The predicted molar refractivity (Wildman–Crippen MR) is 90.8 cm³/mol. The van der Waals surface area contributed by atoms with Crippen LogP contribution in [0.2, 0.25) is 0 Å². The molecule has 0 spiro atoms. The number of nitrogens with zero attached hydrogens (tertiary/aromatic N) is 1. The highest BCUT2D eigenvalue weighted by Gasteiger charge is 2.37. The molecule has 3 amide bonds. The normalized spacial score (nSPS) is 13.1. The number of amides is 3. The molecular formula is C19H17FN2O3. The Morgan fingerprint density at radius 3 is 2.56 bits per heavy atom. The first-order valence-corrected chi connectivity index (χ1v) is 8.05. The zero-order chi connectivity index (χ0) is 18.0. The minimum absolute atomic E-state index is 0.0433. The van der Waals surface area contributed by atoms with Crippen LogP contribution in [-0.2, 0) is 11.2 Å². The molecule has 1 aliphatic heterocycles. The first kappa shape index (κ1) is 16.8. The van der Waals surface area contributed by atoms with Gasteiger partial charge in [0.2, 0.25) is 5.91 Å². The van der Waals surface area contributed by atoms with Crippen LogP contribution in [0.3, 0.4) is 0 Å². The molecular weight excluding hydrogens is 323 g/mol. The molecule has 1 heterocycles. The highest BCUT2D eigenvalue weighted by atomic mass is 19.1. The Hall–Kier alpha value is -3.02. The monoisotopic (exact) mass is 340 g/mol. The summed E-state index contributed by atoms with van der Waals surface area (Å²) >= 11 is 0. The summed E-state index contributed by atoms with van der Waals surface area (Å²) in [6.07, 6.45) is 0.722. The Labute approximate surface area is 144 Å². The van der Waals surface area contributed by atoms with E-state index in [1.54, 1.807) is 6.07 Å². The fourth-order valence-electron chi connectivity index (χ4n) is 2.87. The van der Waals surface area contributed by atoms with Crippen LogP contribution in [0.1, 0.15) is 39.6 Å². The van der Waals surface area contributed by atoms with Crippen LogP contribution in [0.5, 0.6) is 0 Å². The average molecular weight is 340 g/mol. The van der Waals surface area contributed by atoms with Crippen molar-refractivity contribution in [1.29, 1.82) is 0 Å². The molecule has 0 aromatic heterocycles. The third kappa shape index (κ3) is 3.15. The van der Waals surface area contributed by atoms with E-state index in [0.717, 1.165) is 23.0 Å². The van der Waals surface area contributed by atoms with Gasteiger partial charge < -0.3 is 5.32 Å². The summed E-state index contributed by atoms with van der Waals surface area (Å²) in [6.45, 7) is 1.89. The molecule has 128 valence electrons. The highest BCUT2D eigenvalue weighted by Crippen LogP contribution is 2.25. The van der Waals surface area contributed by atoms with E-state index in [2.05, 4.69) is 5.32 Å². The van der Waals surface area contributed by atoms with E-state index in [9.17, 15) is 18.8 Å². The van der Waals surface area contributed by atoms with E-state index in [4.69, 9.17) is 0 Å². The summed E-state index contributed by atoms with van der Waals surface area (Å²) in [5.74, 6) is -2.29. The van der Waals surface area contributed by atoms with Gasteiger partial charge in [-0.3, -0.25) is 19.3 Å². The van der Waals surface area contributed by atoms with Gasteiger partial charge in [0.25, 0.3) is 11.8 Å². The van der Waals surface area contributed by atoms with E-state index in [1.165, 1.54) is 12.1 Å². The molecule has 5 nitrogen and oxygen atoms in total. The smallest absolute Gasteiger partial charge is 0.264 e. The summed E-state index contributed by atoms with van der Waals surface area (Å²) in [4.78, 5) is 37.5. The van der Waals surface area contributed by atoms with Crippen molar-refractivity contribution >= 4 is 23.4 Å². The van der Waals surface area contributed by atoms with Gasteiger partial charge in [0.15, 0.2) is 0 Å². The van der Waals surface area contributed by atoms with Crippen LogP contribution in [-0.4, -0.2) is 29.2 Å². The Morgan fingerprint density at radius 1 is 1.08 bits per heavy atom. The number of rotatable bonds is 5. The van der Waals surface area contributed by atoms with Gasteiger partial charge in [-0.2, -0.15) is 0 Å². The van der Waals surface area contributed by atoms with Crippen molar-refractivity contribution in [2.24, 2.45) is 0 Å². The number of fused-ring (bicyclic) bond motifs is 1. The van der Waals surface area contributed by atoms with Crippen molar-refractivity contribution in [2.75, 3.05) is 11.9 Å². The minimum Gasteiger partial charge on any atom is -0.326 e. The zero-order valence-corrected chi connectivity index (χ0v) is 13.7. The molecule has 2 aromatic carbocycles. The lowest BCUT2D eigenvalue weighted by Crippen LogP contribution is -2.33. The fraction of sp³-hybridized carbons (Fsp3) is 0.211. The lowest BCUT2D eigenvalue weighted by atomic mass is 10.1. The van der Waals surface area contributed by atoms with E-state index >= 15 is 0 Å². The van der Waals surface area contributed by atoms with Crippen LogP contribution >= 0.6 is 0 Å². The number of para-hydroxylation sites is 1. The molecule has 0 atom stereocenters. The first-order chi connectivity index (χ1) is 12.0. The molecule has 2 aromatic rings. The van der Waals surface area contributed by atoms with Crippen molar-refractivity contribution in [3.05, 3.63) is 65.0 Å². The van der Waals surface area contributed by atoms with Crippen LogP contribution in [0.4, 0.5) is 10.1 Å². The summed E-state index contributed by atoms with van der Waals surface area (Å²) < 4.78 is 13.8. The number of hydrogen-bond acceptors (Lipinski definition) is 3. The summed E-state index contributed by atoms with van der Waals surface area (Å²) in [5.41, 5.74) is 1.54. The second kappa shape index (κ2) is 6.84. The molecule has 0 saturated heterocycles. The Kier molecular flexibility index (Phi) is 4.61. The number of anilines is 1. The van der Waals surface area contributed by atoms with E-state index in [0.29, 0.717) is 5.69 Å². The van der Waals surface area contributed by atoms with Crippen molar-refractivity contribution in [3.8, 4) is 0 Å². The van der Waals surface area contributed by atoms with E-state index in [-0.39, 0.29) is 30.0 Å². The van der Waals surface area contributed by atoms with Gasteiger partial charge in [0.1, 0.15) is 5.82 Å². The number of nitrogens with one attached hydrogen (secondary N) is 1. The SMILES string of the molecule is CCc1ccccc1NC(=O)CCN1C(=O)c2cccc(F)c2C1=O. The number of carbonyl (C=O) groups is 3. The molecule has 0 aliphatic carbocycles. The molecule has 3 rings (SSSR count). The van der Waals surface area contributed by atoms with Crippen molar-refractivity contribution in [3.63, 3.8) is 0 Å². The summed E-state index contributed by atoms with van der Waals surface area (Å²) in [6, 6.07) is 11.4. The Bertz CT molecular complexity index is 863. The Balaban J connectivity index is 1.66. The molecule has 0 saturated carbocycles. The van der Waals surface area contributed by atoms with E-state index < -0.39 is 17.6 Å². The van der Waals surface area contributed by atoms with Crippen LogP contribution in [0.15, 0.2) is 42.5 Å². The molecule has 1 N–H and O–H groups in total. The molecule has 0 fully saturated rings. The van der Waals surface area contributed by atoms with Gasteiger partial charge in [0.05, 0.1) is 11.1 Å². The summed E-state index contributed by atoms with van der Waals surface area (Å²) in [5, 5.41) is 2.79. The second-order valence-electron chi connectivity index (χ2n) is 5.73. The van der Waals surface area contributed by atoms with Crippen molar-refractivity contribution in [1.82, 2.24) is 4.90 Å². The molecule has 0 radical (unpaired) electrons. The maximum atomic E-state index is 13.8. The predicted octanol–water partition coefficient (Wildman–Crippen LogP) is 3.01. The lowest BCUT2D eigenvalue weighted by molar-refractivity contribution is -0.116. The second-order valence-corrected chi connectivity index (χ2v) is 5.73. The molecule has 0 unspecified atom stereocenters. The molecule has 6 heteroatoms. The standard InChI is InChI=1S/C19H17FN2O3/c1-2-12-6-3-4-9-15(12)21-16(23)10-11-22-18(24)13-7-5-8-14(20)17(13)19(22)25/h3-9H,2,10-11H2,1H3,(H,21,23). The Morgan fingerprint density at radius 2 is 1.84 bits per heavy atom. The van der Waals surface area contributed by atoms with E-state index in [1.807, 2.05) is 25.1 Å². The third-order valence-electron chi connectivity index (χ3n) is 4.18. The van der Waals surface area contributed by atoms with Crippen LogP contribution < -0.4 is 5.32 Å². The third-order valence-corrected chi connectivity index (χ3v) is 4.18. The largest absolute Gasteiger partial charge is 0.326 e. The number of benzene rings is 2. The number of imide groups is 1. The lowest BCUT2D eigenvalue weighted by Gasteiger charge is -2.14. The molecule has 25 heavy (non-hydrogen) atoms. The maximum Gasteiger partial charge on any atom is 0.264 e. The average Bonchev–Trinajstić information content (AvgIpc) is 2.85.